The lowest BCUT2D eigenvalue weighted by atomic mass is 10.0. The van der Waals surface area contributed by atoms with E-state index in [4.69, 9.17) is 15.4 Å². The van der Waals surface area contributed by atoms with Gasteiger partial charge in [-0.2, -0.15) is 0 Å². The molecule has 1 rings (SSSR count). The number of benzene rings is 1. The molecule has 7 heteroatoms. The van der Waals surface area contributed by atoms with Crippen LogP contribution in [0.15, 0.2) is 23.1 Å². The van der Waals surface area contributed by atoms with Gasteiger partial charge in [0.05, 0.1) is 6.61 Å². The van der Waals surface area contributed by atoms with E-state index < -0.39 is 9.05 Å². The number of rotatable bonds is 7. The fraction of sp³-hybridized carbons (Fsp3) is 0.500. The van der Waals surface area contributed by atoms with Crippen molar-refractivity contribution in [2.24, 2.45) is 5.92 Å². The average molecular weight is 334 g/mol. The Morgan fingerprint density at radius 1 is 1.29 bits per heavy atom. The predicted octanol–water partition coefficient (Wildman–Crippen LogP) is 3.39. The molecule has 0 aromatic heterocycles. The lowest BCUT2D eigenvalue weighted by Gasteiger charge is -2.14. The summed E-state index contributed by atoms with van der Waals surface area (Å²) in [6, 6.07) is 4.39. The maximum atomic E-state index is 12.0. The van der Waals surface area contributed by atoms with E-state index in [1.807, 2.05) is 13.8 Å². The van der Waals surface area contributed by atoms with Crippen molar-refractivity contribution in [2.75, 3.05) is 11.9 Å². The van der Waals surface area contributed by atoms with E-state index in [2.05, 4.69) is 5.32 Å². The molecule has 0 aliphatic rings. The van der Waals surface area contributed by atoms with Crippen molar-refractivity contribution in [3.05, 3.63) is 18.2 Å². The first kappa shape index (κ1) is 17.8. The molecule has 1 aromatic rings. The molecule has 0 unspecified atom stereocenters. The highest BCUT2D eigenvalue weighted by Crippen LogP contribution is 2.30. The third-order valence-corrected chi connectivity index (χ3v) is 4.47. The smallest absolute Gasteiger partial charge is 0.265 e. The number of anilines is 1. The van der Waals surface area contributed by atoms with Crippen molar-refractivity contribution in [3.63, 3.8) is 0 Å². The van der Waals surface area contributed by atoms with Gasteiger partial charge in [0.25, 0.3) is 9.05 Å². The molecule has 0 saturated heterocycles. The number of hydrogen-bond donors (Lipinski definition) is 1. The van der Waals surface area contributed by atoms with Crippen molar-refractivity contribution < 1.29 is 17.9 Å². The summed E-state index contributed by atoms with van der Waals surface area (Å²) in [5.74, 6) is -0.0669. The van der Waals surface area contributed by atoms with Gasteiger partial charge in [-0.05, 0) is 38.0 Å². The van der Waals surface area contributed by atoms with Crippen LogP contribution < -0.4 is 10.1 Å². The Hall–Kier alpha value is -1.27. The Kier molecular flexibility index (Phi) is 6.48. The van der Waals surface area contributed by atoms with Crippen molar-refractivity contribution in [3.8, 4) is 5.75 Å². The Bertz CT molecular complexity index is 597. The Balaban J connectivity index is 3.09. The van der Waals surface area contributed by atoms with Crippen LogP contribution in [0.5, 0.6) is 5.75 Å². The summed E-state index contributed by atoms with van der Waals surface area (Å²) in [7, 11) is 1.46. The summed E-state index contributed by atoms with van der Waals surface area (Å²) >= 11 is 0. The molecule has 21 heavy (non-hydrogen) atoms. The normalized spacial score (nSPS) is 11.5. The second-order valence-corrected chi connectivity index (χ2v) is 7.07. The topological polar surface area (TPSA) is 72.5 Å². The largest absolute Gasteiger partial charge is 0.492 e. The number of amides is 1. The first-order valence-corrected chi connectivity index (χ1v) is 9.16. The minimum absolute atomic E-state index is 0.104. The van der Waals surface area contributed by atoms with Crippen LogP contribution in [0.4, 0.5) is 5.69 Å². The second kappa shape index (κ2) is 7.66. The standard InChI is InChI=1S/C14H20ClNO4S/c1-4-10(5-2)14(17)16-11-7-8-12(20-6-3)13(9-11)21(15,18)19/h7-10H,4-6H2,1-3H3,(H,16,17). The van der Waals surface area contributed by atoms with Gasteiger partial charge in [-0.25, -0.2) is 8.42 Å². The van der Waals surface area contributed by atoms with Gasteiger partial charge in [0, 0.05) is 22.3 Å². The highest BCUT2D eigenvalue weighted by atomic mass is 35.7. The van der Waals surface area contributed by atoms with E-state index in [1.165, 1.54) is 12.1 Å². The number of ether oxygens (including phenoxy) is 1. The summed E-state index contributed by atoms with van der Waals surface area (Å²) < 4.78 is 28.4. The van der Waals surface area contributed by atoms with Gasteiger partial charge in [0.15, 0.2) is 0 Å². The van der Waals surface area contributed by atoms with Gasteiger partial charge < -0.3 is 10.1 Å². The molecule has 0 aliphatic heterocycles. The minimum atomic E-state index is -3.95. The maximum absolute atomic E-state index is 12.0. The number of nitrogens with one attached hydrogen (secondary N) is 1. The predicted molar refractivity (Wildman–Crippen MR) is 83.4 cm³/mol. The Morgan fingerprint density at radius 2 is 1.90 bits per heavy atom. The molecule has 0 aliphatic carbocycles. The second-order valence-electron chi connectivity index (χ2n) is 4.54. The zero-order valence-corrected chi connectivity index (χ0v) is 13.9. The average Bonchev–Trinajstić information content (AvgIpc) is 2.41. The molecule has 0 atom stereocenters. The molecule has 0 radical (unpaired) electrons. The van der Waals surface area contributed by atoms with Crippen LogP contribution in [0.1, 0.15) is 33.6 Å². The number of halogens is 1. The third kappa shape index (κ3) is 4.89. The molecule has 0 fully saturated rings. The molecule has 0 heterocycles. The zero-order valence-electron chi connectivity index (χ0n) is 12.3. The summed E-state index contributed by atoms with van der Waals surface area (Å²) in [5, 5.41) is 2.71. The van der Waals surface area contributed by atoms with Gasteiger partial charge in [-0.3, -0.25) is 4.79 Å². The van der Waals surface area contributed by atoms with Gasteiger partial charge in [-0.1, -0.05) is 13.8 Å². The molecule has 0 saturated carbocycles. The van der Waals surface area contributed by atoms with Crippen molar-refractivity contribution in [1.82, 2.24) is 0 Å². The molecular formula is C14H20ClNO4S. The Morgan fingerprint density at radius 3 is 2.38 bits per heavy atom. The van der Waals surface area contributed by atoms with E-state index in [9.17, 15) is 13.2 Å². The minimum Gasteiger partial charge on any atom is -0.492 e. The fourth-order valence-corrected chi connectivity index (χ4v) is 2.95. The zero-order chi connectivity index (χ0) is 16.0. The molecule has 1 aromatic carbocycles. The lowest BCUT2D eigenvalue weighted by molar-refractivity contribution is -0.120. The van der Waals surface area contributed by atoms with Crippen molar-refractivity contribution in [2.45, 2.75) is 38.5 Å². The number of hydrogen-bond acceptors (Lipinski definition) is 4. The molecule has 1 amide bonds. The Labute approximate surface area is 130 Å². The van der Waals surface area contributed by atoms with Crippen LogP contribution >= 0.6 is 10.7 Å². The SMILES string of the molecule is CCOc1ccc(NC(=O)C(CC)CC)cc1S(=O)(=O)Cl. The van der Waals surface area contributed by atoms with Crippen molar-refractivity contribution >= 4 is 31.3 Å². The summed E-state index contributed by atoms with van der Waals surface area (Å²) in [6.07, 6.45) is 1.44. The molecule has 118 valence electrons. The van der Waals surface area contributed by atoms with Gasteiger partial charge in [0.2, 0.25) is 5.91 Å². The summed E-state index contributed by atoms with van der Waals surface area (Å²) in [5.41, 5.74) is 0.384. The van der Waals surface area contributed by atoms with Crippen LogP contribution in [0.3, 0.4) is 0 Å². The number of carbonyl (C=O) groups excluding carboxylic acids is 1. The van der Waals surface area contributed by atoms with Crippen molar-refractivity contribution in [1.29, 1.82) is 0 Å². The maximum Gasteiger partial charge on any atom is 0.265 e. The van der Waals surface area contributed by atoms with E-state index in [0.29, 0.717) is 12.3 Å². The first-order valence-electron chi connectivity index (χ1n) is 6.85. The molecule has 0 spiro atoms. The third-order valence-electron chi connectivity index (χ3n) is 3.13. The quantitative estimate of drug-likeness (QED) is 0.776. The van der Waals surface area contributed by atoms with E-state index >= 15 is 0 Å². The van der Waals surface area contributed by atoms with Gasteiger partial charge >= 0.3 is 0 Å². The van der Waals surface area contributed by atoms with Gasteiger partial charge in [-0.15, -0.1) is 0 Å². The summed E-state index contributed by atoms with van der Waals surface area (Å²) in [6.45, 7) is 5.92. The van der Waals surface area contributed by atoms with E-state index in [0.717, 1.165) is 12.8 Å². The van der Waals surface area contributed by atoms with Crippen LogP contribution in [0, 0.1) is 5.92 Å². The molecule has 1 N–H and O–H groups in total. The van der Waals surface area contributed by atoms with Crippen LogP contribution in [0.25, 0.3) is 0 Å². The van der Waals surface area contributed by atoms with Crippen LogP contribution in [-0.4, -0.2) is 20.9 Å². The van der Waals surface area contributed by atoms with E-state index in [-0.39, 0.29) is 22.5 Å². The molecule has 0 bridgehead atoms. The molecule has 5 nitrogen and oxygen atoms in total. The number of carbonyl (C=O) groups is 1. The first-order chi connectivity index (χ1) is 9.83. The highest BCUT2D eigenvalue weighted by Gasteiger charge is 2.20. The van der Waals surface area contributed by atoms with E-state index in [1.54, 1.807) is 13.0 Å². The van der Waals surface area contributed by atoms with Crippen LogP contribution in [-0.2, 0) is 13.8 Å². The van der Waals surface area contributed by atoms with Gasteiger partial charge in [0.1, 0.15) is 10.6 Å². The monoisotopic (exact) mass is 333 g/mol. The summed E-state index contributed by atoms with van der Waals surface area (Å²) in [4.78, 5) is 11.9. The van der Waals surface area contributed by atoms with Crippen LogP contribution in [0.2, 0.25) is 0 Å². The highest BCUT2D eigenvalue weighted by molar-refractivity contribution is 8.13. The lowest BCUT2D eigenvalue weighted by Crippen LogP contribution is -2.21. The molecular weight excluding hydrogens is 314 g/mol. The fourth-order valence-electron chi connectivity index (χ4n) is 1.95.